The summed E-state index contributed by atoms with van der Waals surface area (Å²) in [7, 11) is 0. The third-order valence-corrected chi connectivity index (χ3v) is 3.83. The lowest BCUT2D eigenvalue weighted by Crippen LogP contribution is -2.44. The molecule has 1 heterocycles. The molecule has 0 aromatic heterocycles. The molecule has 5 heteroatoms. The Morgan fingerprint density at radius 1 is 1.35 bits per heavy atom. The summed E-state index contributed by atoms with van der Waals surface area (Å²) in [4.78, 5) is 13.0. The van der Waals surface area contributed by atoms with Gasteiger partial charge in [-0.15, -0.1) is 0 Å². The zero-order valence-electron chi connectivity index (χ0n) is 12.3. The van der Waals surface area contributed by atoms with E-state index in [0.717, 1.165) is 44.6 Å². The minimum Gasteiger partial charge on any atom is -0.383 e. The Labute approximate surface area is 120 Å². The van der Waals surface area contributed by atoms with Gasteiger partial charge in [-0.3, -0.25) is 15.0 Å². The summed E-state index contributed by atoms with van der Waals surface area (Å²) in [5.74, 6) is 0. The summed E-state index contributed by atoms with van der Waals surface area (Å²) in [5, 5.41) is 14.2. The number of nitro groups is 1. The van der Waals surface area contributed by atoms with E-state index in [2.05, 4.69) is 24.1 Å². The van der Waals surface area contributed by atoms with Crippen LogP contribution in [0.4, 0.5) is 11.4 Å². The molecule has 110 valence electrons. The van der Waals surface area contributed by atoms with Crippen LogP contribution in [0.2, 0.25) is 0 Å². The highest BCUT2D eigenvalue weighted by atomic mass is 16.6. The van der Waals surface area contributed by atoms with Gasteiger partial charge in [0.2, 0.25) is 0 Å². The van der Waals surface area contributed by atoms with Crippen molar-refractivity contribution in [3.05, 3.63) is 33.9 Å². The Morgan fingerprint density at radius 3 is 2.65 bits per heavy atom. The van der Waals surface area contributed by atoms with Crippen LogP contribution in [0.15, 0.2) is 18.2 Å². The van der Waals surface area contributed by atoms with Crippen molar-refractivity contribution < 1.29 is 4.92 Å². The molecule has 0 aliphatic carbocycles. The van der Waals surface area contributed by atoms with Gasteiger partial charge in [-0.1, -0.05) is 19.9 Å². The Hall–Kier alpha value is -1.62. The molecule has 0 saturated heterocycles. The first-order valence-corrected chi connectivity index (χ1v) is 7.41. The van der Waals surface area contributed by atoms with Gasteiger partial charge in [0.25, 0.3) is 5.69 Å². The van der Waals surface area contributed by atoms with Crippen molar-refractivity contribution in [2.24, 2.45) is 0 Å². The minimum atomic E-state index is -0.339. The molecule has 5 nitrogen and oxygen atoms in total. The number of nitrogens with one attached hydrogen (secondary N) is 1. The lowest BCUT2D eigenvalue weighted by molar-refractivity contribution is -0.384. The predicted octanol–water partition coefficient (Wildman–Crippen LogP) is 3.05. The fraction of sp³-hybridized carbons (Fsp3) is 0.600. The highest BCUT2D eigenvalue weighted by molar-refractivity contribution is 5.59. The van der Waals surface area contributed by atoms with E-state index in [1.165, 1.54) is 5.56 Å². The van der Waals surface area contributed by atoms with Crippen LogP contribution in [0.3, 0.4) is 0 Å². The van der Waals surface area contributed by atoms with Gasteiger partial charge < -0.3 is 5.32 Å². The quantitative estimate of drug-likeness (QED) is 0.641. The average molecular weight is 277 g/mol. The maximum atomic E-state index is 10.8. The highest BCUT2D eigenvalue weighted by Crippen LogP contribution is 2.28. The van der Waals surface area contributed by atoms with E-state index in [4.69, 9.17) is 0 Å². The van der Waals surface area contributed by atoms with Crippen LogP contribution in [0.1, 0.15) is 32.3 Å². The van der Waals surface area contributed by atoms with E-state index in [0.29, 0.717) is 6.04 Å². The smallest absolute Gasteiger partial charge is 0.271 e. The molecule has 1 unspecified atom stereocenters. The fourth-order valence-electron chi connectivity index (χ4n) is 2.88. The van der Waals surface area contributed by atoms with Gasteiger partial charge in [-0.2, -0.15) is 0 Å². The summed E-state index contributed by atoms with van der Waals surface area (Å²) in [6, 6.07) is 5.63. The zero-order valence-corrected chi connectivity index (χ0v) is 12.3. The van der Waals surface area contributed by atoms with E-state index in [9.17, 15) is 10.1 Å². The zero-order chi connectivity index (χ0) is 14.5. The molecule has 0 bridgehead atoms. The van der Waals surface area contributed by atoms with Crippen LogP contribution in [0.25, 0.3) is 0 Å². The Balaban J connectivity index is 2.12. The number of non-ortho nitro benzene ring substituents is 1. The molecule has 0 saturated carbocycles. The summed E-state index contributed by atoms with van der Waals surface area (Å²) >= 11 is 0. The number of hydrogen-bond donors (Lipinski definition) is 1. The van der Waals surface area contributed by atoms with Gasteiger partial charge in [0.05, 0.1) is 4.92 Å². The van der Waals surface area contributed by atoms with E-state index < -0.39 is 0 Å². The third-order valence-electron chi connectivity index (χ3n) is 3.83. The second-order valence-electron chi connectivity index (χ2n) is 5.37. The summed E-state index contributed by atoms with van der Waals surface area (Å²) < 4.78 is 0. The van der Waals surface area contributed by atoms with Crippen molar-refractivity contribution in [2.75, 3.05) is 25.0 Å². The summed E-state index contributed by atoms with van der Waals surface area (Å²) in [5.41, 5.74) is 2.26. The van der Waals surface area contributed by atoms with Crippen LogP contribution >= 0.6 is 0 Å². The van der Waals surface area contributed by atoms with Gasteiger partial charge in [-0.25, -0.2) is 0 Å². The van der Waals surface area contributed by atoms with E-state index in [1.54, 1.807) is 12.1 Å². The number of fused-ring (bicyclic) bond motifs is 1. The first kappa shape index (κ1) is 14.8. The lowest BCUT2D eigenvalue weighted by Gasteiger charge is -2.35. The van der Waals surface area contributed by atoms with Gasteiger partial charge in [0.15, 0.2) is 0 Å². The molecule has 1 N–H and O–H groups in total. The fourth-order valence-corrected chi connectivity index (χ4v) is 2.88. The van der Waals surface area contributed by atoms with E-state index in [-0.39, 0.29) is 10.6 Å². The SMILES string of the molecule is CCCN(CCC)C1CNc2cc([N+](=O)[O-])ccc2C1. The highest BCUT2D eigenvalue weighted by Gasteiger charge is 2.24. The van der Waals surface area contributed by atoms with Crippen LogP contribution < -0.4 is 5.32 Å². The number of benzene rings is 1. The van der Waals surface area contributed by atoms with Crippen LogP contribution in [-0.2, 0) is 6.42 Å². The van der Waals surface area contributed by atoms with Crippen molar-refractivity contribution in [2.45, 2.75) is 39.2 Å². The second kappa shape index (κ2) is 6.70. The molecule has 1 atom stereocenters. The molecule has 1 aliphatic heterocycles. The minimum absolute atomic E-state index is 0.161. The maximum absolute atomic E-state index is 10.8. The number of nitro benzene ring substituents is 1. The monoisotopic (exact) mass is 277 g/mol. The summed E-state index contributed by atoms with van der Waals surface area (Å²) in [6.07, 6.45) is 3.29. The van der Waals surface area contributed by atoms with Crippen molar-refractivity contribution in [3.8, 4) is 0 Å². The van der Waals surface area contributed by atoms with Crippen molar-refractivity contribution in [1.29, 1.82) is 0 Å². The van der Waals surface area contributed by atoms with Crippen LogP contribution in [-0.4, -0.2) is 35.5 Å². The molecule has 0 spiro atoms. The molecule has 1 aromatic rings. The molecule has 1 aliphatic rings. The van der Waals surface area contributed by atoms with E-state index >= 15 is 0 Å². The van der Waals surface area contributed by atoms with Crippen molar-refractivity contribution >= 4 is 11.4 Å². The van der Waals surface area contributed by atoms with Crippen molar-refractivity contribution in [1.82, 2.24) is 4.90 Å². The molecular weight excluding hydrogens is 254 g/mol. The van der Waals surface area contributed by atoms with Gasteiger partial charge in [0, 0.05) is 30.4 Å². The van der Waals surface area contributed by atoms with Gasteiger partial charge in [0.1, 0.15) is 0 Å². The largest absolute Gasteiger partial charge is 0.383 e. The van der Waals surface area contributed by atoms with Crippen LogP contribution in [0, 0.1) is 10.1 Å². The predicted molar refractivity (Wildman–Crippen MR) is 81.2 cm³/mol. The molecule has 0 radical (unpaired) electrons. The van der Waals surface area contributed by atoms with Crippen LogP contribution in [0.5, 0.6) is 0 Å². The molecule has 2 rings (SSSR count). The Bertz CT molecular complexity index is 470. The summed E-state index contributed by atoms with van der Waals surface area (Å²) in [6.45, 7) is 7.51. The molecule has 20 heavy (non-hydrogen) atoms. The second-order valence-corrected chi connectivity index (χ2v) is 5.37. The lowest BCUT2D eigenvalue weighted by atomic mass is 9.97. The number of anilines is 1. The van der Waals surface area contributed by atoms with E-state index in [1.807, 2.05) is 6.07 Å². The topological polar surface area (TPSA) is 58.4 Å². The van der Waals surface area contributed by atoms with Gasteiger partial charge >= 0.3 is 0 Å². The molecule has 0 fully saturated rings. The molecular formula is C15H23N3O2. The third kappa shape index (κ3) is 3.28. The molecule has 0 amide bonds. The first-order valence-electron chi connectivity index (χ1n) is 7.41. The van der Waals surface area contributed by atoms with Crippen molar-refractivity contribution in [3.63, 3.8) is 0 Å². The number of rotatable bonds is 6. The van der Waals surface area contributed by atoms with Gasteiger partial charge in [-0.05, 0) is 37.9 Å². The average Bonchev–Trinajstić information content (AvgIpc) is 2.46. The number of nitrogens with zero attached hydrogens (tertiary/aromatic N) is 2. The molecule has 1 aromatic carbocycles. The number of hydrogen-bond acceptors (Lipinski definition) is 4. The normalized spacial score (nSPS) is 17.6. The maximum Gasteiger partial charge on any atom is 0.271 e. The standard InChI is InChI=1S/C15H23N3O2/c1-3-7-17(8-4-2)14-9-12-5-6-13(18(19)20)10-15(12)16-11-14/h5-6,10,14,16H,3-4,7-9,11H2,1-2H3. The Morgan fingerprint density at radius 2 is 2.05 bits per heavy atom. The Kier molecular flexibility index (Phi) is 4.95. The first-order chi connectivity index (χ1) is 9.65.